The van der Waals surface area contributed by atoms with Gasteiger partial charge < -0.3 is 19.5 Å². The Morgan fingerprint density at radius 2 is 1.72 bits per heavy atom. The SMILES string of the molecule is COc1ccc(N2C[C@@H](CN3CCC(Oc4ccc(NC(C)=O)cc4)CC3)OC2=O)cc1. The molecule has 170 valence electrons. The maximum atomic E-state index is 12.3. The predicted molar refractivity (Wildman–Crippen MR) is 121 cm³/mol. The molecule has 0 spiro atoms. The number of hydrogen-bond acceptors (Lipinski definition) is 6. The third kappa shape index (κ3) is 5.50. The second-order valence-electron chi connectivity index (χ2n) is 8.14. The molecular weight excluding hydrogens is 410 g/mol. The molecule has 0 bridgehead atoms. The van der Waals surface area contributed by atoms with Gasteiger partial charge in [-0.2, -0.15) is 0 Å². The van der Waals surface area contributed by atoms with Gasteiger partial charge in [0.25, 0.3) is 0 Å². The monoisotopic (exact) mass is 439 g/mol. The molecular formula is C24H29N3O5. The molecule has 8 nitrogen and oxygen atoms in total. The fourth-order valence-corrected chi connectivity index (χ4v) is 4.10. The van der Waals surface area contributed by atoms with Crippen LogP contribution in [0.2, 0.25) is 0 Å². The molecule has 4 rings (SSSR count). The van der Waals surface area contributed by atoms with Gasteiger partial charge in [0.15, 0.2) is 0 Å². The summed E-state index contributed by atoms with van der Waals surface area (Å²) in [6.45, 7) is 4.54. The van der Waals surface area contributed by atoms with Crippen LogP contribution in [0.4, 0.5) is 16.2 Å². The number of methoxy groups -OCH3 is 1. The molecule has 2 aromatic rings. The first-order valence-electron chi connectivity index (χ1n) is 10.9. The highest BCUT2D eigenvalue weighted by Gasteiger charge is 2.34. The molecule has 1 N–H and O–H groups in total. The van der Waals surface area contributed by atoms with Crippen LogP contribution >= 0.6 is 0 Å². The Morgan fingerprint density at radius 3 is 2.34 bits per heavy atom. The Balaban J connectivity index is 1.22. The van der Waals surface area contributed by atoms with Crippen LogP contribution in [-0.4, -0.2) is 62.4 Å². The number of benzene rings is 2. The number of nitrogens with one attached hydrogen (secondary N) is 1. The summed E-state index contributed by atoms with van der Waals surface area (Å²) in [7, 11) is 1.62. The van der Waals surface area contributed by atoms with Crippen molar-refractivity contribution in [3.05, 3.63) is 48.5 Å². The van der Waals surface area contributed by atoms with Gasteiger partial charge in [-0.1, -0.05) is 0 Å². The number of piperidine rings is 1. The van der Waals surface area contributed by atoms with Gasteiger partial charge in [-0.3, -0.25) is 14.6 Å². The van der Waals surface area contributed by atoms with Crippen molar-refractivity contribution in [2.75, 3.05) is 43.5 Å². The standard InChI is InChI=1S/C24H29N3O5/c1-17(28)25-18-3-7-21(8-4-18)31-22-11-13-26(14-12-22)15-23-16-27(24(29)32-23)19-5-9-20(30-2)10-6-19/h3-10,22-23H,11-16H2,1-2H3,(H,25,28)/t23-/m1/s1. The minimum atomic E-state index is -0.305. The van der Waals surface area contributed by atoms with Crippen molar-refractivity contribution in [1.29, 1.82) is 0 Å². The smallest absolute Gasteiger partial charge is 0.414 e. The lowest BCUT2D eigenvalue weighted by Gasteiger charge is -2.33. The maximum absolute atomic E-state index is 12.3. The number of amides is 2. The molecule has 2 aromatic carbocycles. The average molecular weight is 440 g/mol. The summed E-state index contributed by atoms with van der Waals surface area (Å²) >= 11 is 0. The largest absolute Gasteiger partial charge is 0.497 e. The summed E-state index contributed by atoms with van der Waals surface area (Å²) in [5, 5.41) is 2.75. The molecule has 1 atom stereocenters. The van der Waals surface area contributed by atoms with Crippen molar-refractivity contribution in [3.63, 3.8) is 0 Å². The lowest BCUT2D eigenvalue weighted by atomic mass is 10.1. The number of ether oxygens (including phenoxy) is 3. The van der Waals surface area contributed by atoms with Crippen LogP contribution in [0.25, 0.3) is 0 Å². The summed E-state index contributed by atoms with van der Waals surface area (Å²) in [6.07, 6.45) is 1.52. The third-order valence-electron chi connectivity index (χ3n) is 5.73. The van der Waals surface area contributed by atoms with Crippen LogP contribution < -0.4 is 19.7 Å². The number of hydrogen-bond donors (Lipinski definition) is 1. The molecule has 2 fully saturated rings. The van der Waals surface area contributed by atoms with E-state index in [0.717, 1.165) is 55.3 Å². The van der Waals surface area contributed by atoms with Crippen LogP contribution in [0.5, 0.6) is 11.5 Å². The number of nitrogens with zero attached hydrogens (tertiary/aromatic N) is 2. The summed E-state index contributed by atoms with van der Waals surface area (Å²) < 4.78 is 16.9. The fraction of sp³-hybridized carbons (Fsp3) is 0.417. The van der Waals surface area contributed by atoms with Crippen LogP contribution in [-0.2, 0) is 9.53 Å². The van der Waals surface area contributed by atoms with Gasteiger partial charge in [0, 0.05) is 37.9 Å². The minimum Gasteiger partial charge on any atom is -0.497 e. The highest BCUT2D eigenvalue weighted by molar-refractivity contribution is 5.90. The summed E-state index contributed by atoms with van der Waals surface area (Å²) in [5.74, 6) is 1.47. The van der Waals surface area contributed by atoms with Gasteiger partial charge in [0.05, 0.1) is 13.7 Å². The van der Waals surface area contributed by atoms with Crippen LogP contribution in [0.3, 0.4) is 0 Å². The van der Waals surface area contributed by atoms with Crippen molar-refractivity contribution in [1.82, 2.24) is 4.90 Å². The van der Waals surface area contributed by atoms with Crippen LogP contribution in [0.1, 0.15) is 19.8 Å². The normalized spacial score (nSPS) is 19.5. The zero-order valence-electron chi connectivity index (χ0n) is 18.5. The van der Waals surface area contributed by atoms with E-state index in [0.29, 0.717) is 6.54 Å². The van der Waals surface area contributed by atoms with E-state index in [1.165, 1.54) is 6.92 Å². The first-order chi connectivity index (χ1) is 15.5. The van der Waals surface area contributed by atoms with Gasteiger partial charge in [-0.15, -0.1) is 0 Å². The Bertz CT molecular complexity index is 924. The van der Waals surface area contributed by atoms with E-state index in [-0.39, 0.29) is 24.2 Å². The lowest BCUT2D eigenvalue weighted by molar-refractivity contribution is -0.114. The highest BCUT2D eigenvalue weighted by Crippen LogP contribution is 2.26. The summed E-state index contributed by atoms with van der Waals surface area (Å²) in [5.41, 5.74) is 1.57. The van der Waals surface area contributed by atoms with E-state index in [1.807, 2.05) is 48.5 Å². The Morgan fingerprint density at radius 1 is 1.06 bits per heavy atom. The van der Waals surface area contributed by atoms with Gasteiger partial charge in [-0.25, -0.2) is 4.79 Å². The number of carbonyl (C=O) groups is 2. The van der Waals surface area contributed by atoms with E-state index in [9.17, 15) is 9.59 Å². The number of rotatable bonds is 7. The second kappa shape index (κ2) is 9.91. The Hall–Kier alpha value is -3.26. The number of cyclic esters (lactones) is 1. The molecule has 32 heavy (non-hydrogen) atoms. The molecule has 0 aliphatic carbocycles. The molecule has 2 heterocycles. The molecule has 0 radical (unpaired) electrons. The number of anilines is 2. The van der Waals surface area contributed by atoms with Crippen molar-refractivity contribution < 1.29 is 23.8 Å². The van der Waals surface area contributed by atoms with Crippen LogP contribution in [0, 0.1) is 0 Å². The highest BCUT2D eigenvalue weighted by atomic mass is 16.6. The predicted octanol–water partition coefficient (Wildman–Crippen LogP) is 3.52. The van der Waals surface area contributed by atoms with Crippen molar-refractivity contribution in [3.8, 4) is 11.5 Å². The molecule has 0 unspecified atom stereocenters. The molecule has 2 saturated heterocycles. The zero-order chi connectivity index (χ0) is 22.5. The fourth-order valence-electron chi connectivity index (χ4n) is 4.10. The van der Waals surface area contributed by atoms with Crippen molar-refractivity contribution >= 4 is 23.4 Å². The van der Waals surface area contributed by atoms with E-state index in [4.69, 9.17) is 14.2 Å². The zero-order valence-corrected chi connectivity index (χ0v) is 18.5. The van der Waals surface area contributed by atoms with Crippen LogP contribution in [0.15, 0.2) is 48.5 Å². The average Bonchev–Trinajstić information content (AvgIpc) is 3.16. The minimum absolute atomic E-state index is 0.0916. The topological polar surface area (TPSA) is 80.3 Å². The second-order valence-corrected chi connectivity index (χ2v) is 8.14. The van der Waals surface area contributed by atoms with Gasteiger partial charge in [-0.05, 0) is 61.4 Å². The van der Waals surface area contributed by atoms with Gasteiger partial charge in [0.2, 0.25) is 5.91 Å². The number of likely N-dealkylation sites (tertiary alicyclic amines) is 1. The van der Waals surface area contributed by atoms with Gasteiger partial charge >= 0.3 is 6.09 Å². The van der Waals surface area contributed by atoms with Gasteiger partial charge in [0.1, 0.15) is 23.7 Å². The van der Waals surface area contributed by atoms with Crippen molar-refractivity contribution in [2.24, 2.45) is 0 Å². The third-order valence-corrected chi connectivity index (χ3v) is 5.73. The summed E-state index contributed by atoms with van der Waals surface area (Å²) in [6, 6.07) is 14.9. The number of carbonyl (C=O) groups excluding carboxylic acids is 2. The molecule has 8 heteroatoms. The molecule has 0 saturated carbocycles. The van der Waals surface area contributed by atoms with E-state index in [2.05, 4.69) is 10.2 Å². The molecule has 2 aliphatic heterocycles. The first kappa shape index (κ1) is 22.0. The summed E-state index contributed by atoms with van der Waals surface area (Å²) in [4.78, 5) is 27.4. The molecule has 2 amide bonds. The Labute approximate surface area is 188 Å². The van der Waals surface area contributed by atoms with E-state index in [1.54, 1.807) is 12.0 Å². The van der Waals surface area contributed by atoms with E-state index < -0.39 is 0 Å². The molecule has 0 aromatic heterocycles. The lowest BCUT2D eigenvalue weighted by Crippen LogP contribution is -2.42. The van der Waals surface area contributed by atoms with Crippen molar-refractivity contribution in [2.45, 2.75) is 32.0 Å². The Kier molecular flexibility index (Phi) is 6.80. The molecule has 2 aliphatic rings. The maximum Gasteiger partial charge on any atom is 0.414 e. The van der Waals surface area contributed by atoms with E-state index >= 15 is 0 Å². The quantitative estimate of drug-likeness (QED) is 0.711. The first-order valence-corrected chi connectivity index (χ1v) is 10.9.